The maximum Gasteiger partial charge on any atom is 0.287 e. The molecule has 172 valence electrons. The SMILES string of the molecule is CC(c1cc2c(cc1Cl)OCO2)N1CCC(NC(=O)c2cc(=O)c3ccc(F)cc3o2)CC1. The Bertz CT molecular complexity index is 1290. The number of halogens is 2. The van der Waals surface area contributed by atoms with Crippen LogP contribution in [0.25, 0.3) is 11.0 Å². The molecule has 1 unspecified atom stereocenters. The van der Waals surface area contributed by atoms with Crippen molar-refractivity contribution in [2.75, 3.05) is 19.9 Å². The molecule has 3 heterocycles. The van der Waals surface area contributed by atoms with E-state index in [0.717, 1.165) is 43.6 Å². The number of rotatable bonds is 4. The van der Waals surface area contributed by atoms with Gasteiger partial charge in [-0.3, -0.25) is 14.5 Å². The Kier molecular flexibility index (Phi) is 5.72. The first kappa shape index (κ1) is 21.7. The van der Waals surface area contributed by atoms with Crippen molar-refractivity contribution in [3.05, 3.63) is 68.8 Å². The van der Waals surface area contributed by atoms with E-state index in [2.05, 4.69) is 17.1 Å². The number of piperidine rings is 1. The summed E-state index contributed by atoms with van der Waals surface area (Å²) in [6, 6.07) is 8.49. The second-order valence-corrected chi connectivity index (χ2v) is 8.71. The molecule has 2 aliphatic rings. The Morgan fingerprint density at radius 2 is 1.88 bits per heavy atom. The van der Waals surface area contributed by atoms with Gasteiger partial charge in [0.1, 0.15) is 11.4 Å². The molecule has 7 nitrogen and oxygen atoms in total. The summed E-state index contributed by atoms with van der Waals surface area (Å²) in [5.41, 5.74) is 0.635. The van der Waals surface area contributed by atoms with Gasteiger partial charge in [-0.15, -0.1) is 0 Å². The van der Waals surface area contributed by atoms with Crippen molar-refractivity contribution >= 4 is 28.5 Å². The third kappa shape index (κ3) is 4.28. The third-order valence-electron chi connectivity index (χ3n) is 6.27. The molecule has 2 aliphatic heterocycles. The third-order valence-corrected chi connectivity index (χ3v) is 6.60. The van der Waals surface area contributed by atoms with Crippen molar-refractivity contribution in [3.8, 4) is 11.5 Å². The zero-order valence-electron chi connectivity index (χ0n) is 17.9. The number of hydrogen-bond donors (Lipinski definition) is 1. The number of hydrogen-bond acceptors (Lipinski definition) is 6. The van der Waals surface area contributed by atoms with Gasteiger partial charge in [-0.2, -0.15) is 0 Å². The van der Waals surface area contributed by atoms with Crippen LogP contribution < -0.4 is 20.2 Å². The molecule has 1 fully saturated rings. The minimum Gasteiger partial charge on any atom is -0.454 e. The molecule has 5 rings (SSSR count). The number of benzene rings is 2. The van der Waals surface area contributed by atoms with Gasteiger partial charge in [0.05, 0.1) is 5.39 Å². The second kappa shape index (κ2) is 8.68. The highest BCUT2D eigenvalue weighted by molar-refractivity contribution is 6.31. The number of carbonyl (C=O) groups is 1. The number of carbonyl (C=O) groups excluding carboxylic acids is 1. The Morgan fingerprint density at radius 3 is 2.64 bits per heavy atom. The highest BCUT2D eigenvalue weighted by Crippen LogP contribution is 2.40. The second-order valence-electron chi connectivity index (χ2n) is 8.30. The maximum absolute atomic E-state index is 13.5. The molecule has 33 heavy (non-hydrogen) atoms. The van der Waals surface area contributed by atoms with Crippen LogP contribution >= 0.6 is 11.6 Å². The van der Waals surface area contributed by atoms with Crippen molar-refractivity contribution < 1.29 is 23.1 Å². The van der Waals surface area contributed by atoms with Gasteiger partial charge >= 0.3 is 0 Å². The van der Waals surface area contributed by atoms with Crippen LogP contribution in [-0.4, -0.2) is 36.7 Å². The molecule has 1 saturated heterocycles. The van der Waals surface area contributed by atoms with Crippen LogP contribution in [0, 0.1) is 5.82 Å². The van der Waals surface area contributed by atoms with Crippen LogP contribution in [0.3, 0.4) is 0 Å². The molecule has 0 saturated carbocycles. The van der Waals surface area contributed by atoms with E-state index in [4.69, 9.17) is 25.5 Å². The Labute approximate surface area is 194 Å². The van der Waals surface area contributed by atoms with Gasteiger partial charge < -0.3 is 19.2 Å². The number of likely N-dealkylation sites (tertiary alicyclic amines) is 1. The molecule has 1 amide bonds. The molecule has 1 N–H and O–H groups in total. The van der Waals surface area contributed by atoms with E-state index in [1.807, 2.05) is 6.07 Å². The molecule has 0 radical (unpaired) electrons. The lowest BCUT2D eigenvalue weighted by atomic mass is 9.99. The summed E-state index contributed by atoms with van der Waals surface area (Å²) in [6.07, 6.45) is 1.45. The molecule has 0 spiro atoms. The summed E-state index contributed by atoms with van der Waals surface area (Å²) < 4.78 is 29.8. The van der Waals surface area contributed by atoms with E-state index in [9.17, 15) is 14.0 Å². The predicted octanol–water partition coefficient (Wildman–Crippen LogP) is 4.27. The Balaban J connectivity index is 1.23. The molecule has 2 aromatic carbocycles. The Hall–Kier alpha value is -3.10. The van der Waals surface area contributed by atoms with Gasteiger partial charge in [0, 0.05) is 48.4 Å². The quantitative estimate of drug-likeness (QED) is 0.610. The fraction of sp³-hybridized carbons (Fsp3) is 0.333. The minimum absolute atomic E-state index is 0.0527. The number of nitrogens with zero attached hydrogens (tertiary/aromatic N) is 1. The smallest absolute Gasteiger partial charge is 0.287 e. The van der Waals surface area contributed by atoms with Crippen LogP contribution in [0.2, 0.25) is 5.02 Å². The minimum atomic E-state index is -0.535. The van der Waals surface area contributed by atoms with Crippen molar-refractivity contribution in [3.63, 3.8) is 0 Å². The summed E-state index contributed by atoms with van der Waals surface area (Å²) in [5, 5.41) is 3.80. The van der Waals surface area contributed by atoms with Gasteiger partial charge in [0.15, 0.2) is 22.7 Å². The Morgan fingerprint density at radius 1 is 1.15 bits per heavy atom. The lowest BCUT2D eigenvalue weighted by Gasteiger charge is -2.36. The molecule has 3 aromatic rings. The average Bonchev–Trinajstić information content (AvgIpc) is 3.25. The first-order chi connectivity index (χ1) is 15.9. The number of nitrogens with one attached hydrogen (secondary N) is 1. The van der Waals surface area contributed by atoms with Crippen LogP contribution in [0.5, 0.6) is 11.5 Å². The summed E-state index contributed by atoms with van der Waals surface area (Å²) in [4.78, 5) is 27.2. The van der Waals surface area contributed by atoms with Crippen molar-refractivity contribution in [2.45, 2.75) is 31.8 Å². The average molecular weight is 473 g/mol. The van der Waals surface area contributed by atoms with Crippen LogP contribution in [0.4, 0.5) is 4.39 Å². The van der Waals surface area contributed by atoms with E-state index in [1.165, 1.54) is 12.1 Å². The van der Waals surface area contributed by atoms with Crippen LogP contribution in [0.1, 0.15) is 41.9 Å². The summed E-state index contributed by atoms with van der Waals surface area (Å²) in [7, 11) is 0. The van der Waals surface area contributed by atoms with Crippen molar-refractivity contribution in [1.82, 2.24) is 10.2 Å². The van der Waals surface area contributed by atoms with E-state index in [-0.39, 0.29) is 41.0 Å². The van der Waals surface area contributed by atoms with Crippen LogP contribution in [-0.2, 0) is 0 Å². The van der Waals surface area contributed by atoms with Crippen molar-refractivity contribution in [2.24, 2.45) is 0 Å². The molecule has 0 bridgehead atoms. The molecule has 1 aromatic heterocycles. The lowest BCUT2D eigenvalue weighted by Crippen LogP contribution is -2.45. The summed E-state index contributed by atoms with van der Waals surface area (Å²) in [6.45, 7) is 3.79. The summed E-state index contributed by atoms with van der Waals surface area (Å²) >= 11 is 6.47. The number of ether oxygens (including phenoxy) is 2. The van der Waals surface area contributed by atoms with Gasteiger partial charge in [0.2, 0.25) is 6.79 Å². The van der Waals surface area contributed by atoms with Crippen molar-refractivity contribution in [1.29, 1.82) is 0 Å². The fourth-order valence-corrected chi connectivity index (χ4v) is 4.69. The van der Waals surface area contributed by atoms with Gasteiger partial charge in [-0.1, -0.05) is 11.6 Å². The molecular formula is C24H22ClFN2O5. The van der Waals surface area contributed by atoms with E-state index in [1.54, 1.807) is 6.07 Å². The fourth-order valence-electron chi connectivity index (χ4n) is 4.38. The van der Waals surface area contributed by atoms with E-state index >= 15 is 0 Å². The largest absolute Gasteiger partial charge is 0.454 e. The van der Waals surface area contributed by atoms with Gasteiger partial charge in [-0.05, 0) is 43.5 Å². The number of amides is 1. The molecule has 9 heteroatoms. The molecule has 1 atom stereocenters. The molecule has 0 aliphatic carbocycles. The van der Waals surface area contributed by atoms with E-state index < -0.39 is 11.7 Å². The monoisotopic (exact) mass is 472 g/mol. The molecular weight excluding hydrogens is 451 g/mol. The predicted molar refractivity (Wildman–Crippen MR) is 120 cm³/mol. The summed E-state index contributed by atoms with van der Waals surface area (Å²) in [5.74, 6) is 0.206. The zero-order valence-corrected chi connectivity index (χ0v) is 18.7. The number of fused-ring (bicyclic) bond motifs is 2. The van der Waals surface area contributed by atoms with Crippen LogP contribution in [0.15, 0.2) is 45.6 Å². The highest BCUT2D eigenvalue weighted by atomic mass is 35.5. The first-order valence-corrected chi connectivity index (χ1v) is 11.1. The standard InChI is InChI=1S/C24H22ClFN2O5/c1-13(17-9-21-22(10-18(17)25)32-12-31-21)28-6-4-15(5-7-28)27-24(30)23-11-19(29)16-3-2-14(26)8-20(16)33-23/h2-3,8-11,13,15H,4-7,12H2,1H3,(H,27,30). The lowest BCUT2D eigenvalue weighted by molar-refractivity contribution is 0.0869. The maximum atomic E-state index is 13.5. The zero-order chi connectivity index (χ0) is 23.1. The topological polar surface area (TPSA) is 81.0 Å². The van der Waals surface area contributed by atoms with Gasteiger partial charge in [-0.25, -0.2) is 4.39 Å². The van der Waals surface area contributed by atoms with Gasteiger partial charge in [0.25, 0.3) is 5.91 Å². The normalized spacial score (nSPS) is 17.3. The highest BCUT2D eigenvalue weighted by Gasteiger charge is 2.28. The van der Waals surface area contributed by atoms with E-state index in [0.29, 0.717) is 16.5 Å². The first-order valence-electron chi connectivity index (χ1n) is 10.8.